The van der Waals surface area contributed by atoms with Gasteiger partial charge < -0.3 is 9.80 Å². The Kier molecular flexibility index (Phi) is 6.68. The van der Waals surface area contributed by atoms with Crippen molar-refractivity contribution < 1.29 is 9.59 Å². The van der Waals surface area contributed by atoms with E-state index in [4.69, 9.17) is 0 Å². The van der Waals surface area contributed by atoms with Gasteiger partial charge in [-0.25, -0.2) is 0 Å². The summed E-state index contributed by atoms with van der Waals surface area (Å²) in [4.78, 5) is 34.5. The number of carbonyl (C=O) groups is 2. The van der Waals surface area contributed by atoms with E-state index in [2.05, 4.69) is 31.7 Å². The summed E-state index contributed by atoms with van der Waals surface area (Å²) in [6.07, 6.45) is 4.05. The van der Waals surface area contributed by atoms with Crippen LogP contribution in [0, 0.1) is 5.41 Å². The molecule has 0 radical (unpaired) electrons. The third-order valence-electron chi connectivity index (χ3n) is 7.17. The Morgan fingerprint density at radius 3 is 2.00 bits per heavy atom. The minimum absolute atomic E-state index is 0.177. The molecule has 1 saturated carbocycles. The van der Waals surface area contributed by atoms with E-state index in [9.17, 15) is 9.59 Å². The predicted molar refractivity (Wildman–Crippen MR) is 125 cm³/mol. The molecular weight excluding hydrogens is 388 g/mol. The van der Waals surface area contributed by atoms with Gasteiger partial charge in [-0.3, -0.25) is 19.4 Å². The number of benzene rings is 1. The third kappa shape index (κ3) is 5.29. The van der Waals surface area contributed by atoms with E-state index in [-0.39, 0.29) is 17.1 Å². The van der Waals surface area contributed by atoms with Crippen LogP contribution in [0.4, 0.5) is 5.69 Å². The fourth-order valence-electron chi connectivity index (χ4n) is 4.80. The minimum atomic E-state index is -0.358. The summed E-state index contributed by atoms with van der Waals surface area (Å²) >= 11 is 0. The summed E-state index contributed by atoms with van der Waals surface area (Å²) in [5.74, 6) is 0.461. The van der Waals surface area contributed by atoms with Crippen LogP contribution in [0.5, 0.6) is 0 Å². The number of amides is 1. The van der Waals surface area contributed by atoms with Crippen molar-refractivity contribution in [1.29, 1.82) is 0 Å². The lowest BCUT2D eigenvalue weighted by molar-refractivity contribution is -0.134. The smallest absolute Gasteiger partial charge is 0.236 e. The summed E-state index contributed by atoms with van der Waals surface area (Å²) < 4.78 is 0. The molecule has 0 bridgehead atoms. The zero-order valence-corrected chi connectivity index (χ0v) is 19.5. The highest BCUT2D eigenvalue weighted by Crippen LogP contribution is 2.26. The molecule has 6 heteroatoms. The molecule has 0 spiro atoms. The number of Topliss-reactive ketones (excluding diaryl/α,β-unsaturated/α-hetero) is 1. The van der Waals surface area contributed by atoms with Crippen LogP contribution in [0.2, 0.25) is 0 Å². The second kappa shape index (κ2) is 9.29. The van der Waals surface area contributed by atoms with Crippen molar-refractivity contribution in [3.63, 3.8) is 0 Å². The minimum Gasteiger partial charge on any atom is -0.369 e. The van der Waals surface area contributed by atoms with E-state index in [1.807, 2.05) is 32.9 Å². The van der Waals surface area contributed by atoms with Crippen molar-refractivity contribution in [2.45, 2.75) is 46.1 Å². The van der Waals surface area contributed by atoms with Gasteiger partial charge in [-0.15, -0.1) is 0 Å². The van der Waals surface area contributed by atoms with Crippen molar-refractivity contribution in [2.75, 3.05) is 63.8 Å². The molecule has 1 aromatic rings. The molecule has 0 aromatic heterocycles. The molecule has 1 amide bonds. The normalized spacial score (nSPS) is 21.8. The van der Waals surface area contributed by atoms with Crippen LogP contribution in [0.25, 0.3) is 0 Å². The number of anilines is 1. The van der Waals surface area contributed by atoms with Gasteiger partial charge in [0.2, 0.25) is 5.91 Å². The monoisotopic (exact) mass is 426 g/mol. The topological polar surface area (TPSA) is 47.1 Å². The van der Waals surface area contributed by atoms with Gasteiger partial charge in [-0.1, -0.05) is 27.2 Å². The van der Waals surface area contributed by atoms with Crippen molar-refractivity contribution in [1.82, 2.24) is 14.7 Å². The van der Waals surface area contributed by atoms with Gasteiger partial charge in [0.15, 0.2) is 5.78 Å². The molecule has 3 aliphatic rings. The second-order valence-electron chi connectivity index (χ2n) is 10.4. The highest BCUT2D eigenvalue weighted by molar-refractivity contribution is 6.00. The summed E-state index contributed by atoms with van der Waals surface area (Å²) in [7, 11) is 0. The van der Waals surface area contributed by atoms with Crippen molar-refractivity contribution in [2.24, 2.45) is 5.41 Å². The first-order chi connectivity index (χ1) is 14.8. The van der Waals surface area contributed by atoms with Crippen LogP contribution in [0.15, 0.2) is 24.3 Å². The van der Waals surface area contributed by atoms with E-state index in [0.29, 0.717) is 6.54 Å². The van der Waals surface area contributed by atoms with Gasteiger partial charge in [0, 0.05) is 75.1 Å². The Morgan fingerprint density at radius 2 is 1.48 bits per heavy atom. The fraction of sp³-hybridized carbons (Fsp3) is 0.680. The Morgan fingerprint density at radius 1 is 0.871 bits per heavy atom. The summed E-state index contributed by atoms with van der Waals surface area (Å²) in [5.41, 5.74) is 1.57. The highest BCUT2D eigenvalue weighted by atomic mass is 16.2. The number of hydrogen-bond donors (Lipinski definition) is 0. The molecule has 0 N–H and O–H groups in total. The molecule has 31 heavy (non-hydrogen) atoms. The number of ketones is 1. The zero-order valence-electron chi connectivity index (χ0n) is 19.5. The molecule has 2 aliphatic heterocycles. The van der Waals surface area contributed by atoms with E-state index in [1.165, 1.54) is 19.3 Å². The molecule has 4 rings (SSSR count). The molecule has 0 unspecified atom stereocenters. The van der Waals surface area contributed by atoms with Crippen molar-refractivity contribution in [3.05, 3.63) is 29.8 Å². The number of carbonyl (C=O) groups excluding carboxylic acids is 2. The first kappa shape index (κ1) is 22.3. The molecule has 1 aromatic carbocycles. The molecule has 6 nitrogen and oxygen atoms in total. The molecule has 0 atom stereocenters. The number of hydrogen-bond acceptors (Lipinski definition) is 5. The maximum Gasteiger partial charge on any atom is 0.236 e. The van der Waals surface area contributed by atoms with Crippen LogP contribution in [-0.4, -0.2) is 91.3 Å². The highest BCUT2D eigenvalue weighted by Gasteiger charge is 2.30. The Bertz CT molecular complexity index is 766. The SMILES string of the molecule is CC(C)(C)C(=O)c1ccc(N2CCN(CC(=O)N3CCN(C4CCC4)CC3)CC2)cc1. The molecule has 2 saturated heterocycles. The number of rotatable bonds is 5. The first-order valence-corrected chi connectivity index (χ1v) is 12.0. The number of piperazine rings is 2. The van der Waals surface area contributed by atoms with E-state index in [0.717, 1.165) is 69.7 Å². The van der Waals surface area contributed by atoms with E-state index >= 15 is 0 Å². The fourth-order valence-corrected chi connectivity index (χ4v) is 4.80. The molecule has 1 aliphatic carbocycles. The van der Waals surface area contributed by atoms with Gasteiger partial charge in [0.1, 0.15) is 0 Å². The summed E-state index contributed by atoms with van der Waals surface area (Å²) in [6, 6.07) is 8.79. The van der Waals surface area contributed by atoms with Crippen molar-refractivity contribution in [3.8, 4) is 0 Å². The Balaban J connectivity index is 1.22. The molecule has 170 valence electrons. The predicted octanol–water partition coefficient (Wildman–Crippen LogP) is 2.73. The van der Waals surface area contributed by atoms with Gasteiger partial charge in [0.05, 0.1) is 6.54 Å². The largest absolute Gasteiger partial charge is 0.369 e. The standard InChI is InChI=1S/C25H38N4O2/c1-25(2,3)24(31)20-7-9-22(10-8-20)27-13-11-26(12-14-27)19-23(30)29-17-15-28(16-18-29)21-5-4-6-21/h7-10,21H,4-6,11-19H2,1-3H3. The van der Waals surface area contributed by atoms with Gasteiger partial charge in [0.25, 0.3) is 0 Å². The van der Waals surface area contributed by atoms with Gasteiger partial charge >= 0.3 is 0 Å². The quantitative estimate of drug-likeness (QED) is 0.678. The zero-order chi connectivity index (χ0) is 22.0. The van der Waals surface area contributed by atoms with E-state index in [1.54, 1.807) is 0 Å². The summed E-state index contributed by atoms with van der Waals surface area (Å²) in [6.45, 7) is 13.9. The van der Waals surface area contributed by atoms with Crippen LogP contribution in [-0.2, 0) is 4.79 Å². The van der Waals surface area contributed by atoms with Gasteiger partial charge in [-0.05, 0) is 37.1 Å². The third-order valence-corrected chi connectivity index (χ3v) is 7.17. The van der Waals surface area contributed by atoms with Crippen LogP contribution in [0.1, 0.15) is 50.4 Å². The maximum atomic E-state index is 12.8. The van der Waals surface area contributed by atoms with E-state index < -0.39 is 0 Å². The lowest BCUT2D eigenvalue weighted by Crippen LogP contribution is -2.56. The van der Waals surface area contributed by atoms with Crippen LogP contribution >= 0.6 is 0 Å². The maximum absolute atomic E-state index is 12.8. The molecule has 3 fully saturated rings. The first-order valence-electron chi connectivity index (χ1n) is 12.0. The molecule has 2 heterocycles. The number of nitrogens with zero attached hydrogens (tertiary/aromatic N) is 4. The van der Waals surface area contributed by atoms with Gasteiger partial charge in [-0.2, -0.15) is 0 Å². The lowest BCUT2D eigenvalue weighted by Gasteiger charge is -2.43. The molecular formula is C25H38N4O2. The summed E-state index contributed by atoms with van der Waals surface area (Å²) in [5, 5.41) is 0. The Hall–Kier alpha value is -1.92. The Labute approximate surface area is 187 Å². The van der Waals surface area contributed by atoms with Crippen molar-refractivity contribution >= 4 is 17.4 Å². The van der Waals surface area contributed by atoms with Crippen LogP contribution < -0.4 is 4.90 Å². The van der Waals surface area contributed by atoms with Crippen LogP contribution in [0.3, 0.4) is 0 Å². The average molecular weight is 427 g/mol. The average Bonchev–Trinajstić information content (AvgIpc) is 2.72. The second-order valence-corrected chi connectivity index (χ2v) is 10.4. The lowest BCUT2D eigenvalue weighted by atomic mass is 9.86.